The summed E-state index contributed by atoms with van der Waals surface area (Å²) in [5.74, 6) is -1.05. The van der Waals surface area contributed by atoms with Crippen LogP contribution >= 0.6 is 23.1 Å². The lowest BCUT2D eigenvalue weighted by Gasteiger charge is -2.11. The number of aliphatic imine (C=N–C) groups is 1. The monoisotopic (exact) mass is 491 g/mol. The smallest absolute Gasteiger partial charge is 0.339 e. The second-order valence-corrected chi connectivity index (χ2v) is 10.7. The van der Waals surface area contributed by atoms with Crippen molar-refractivity contribution in [3.63, 3.8) is 0 Å². The number of carboxylic acids is 1. The number of aromatic nitrogens is 1. The van der Waals surface area contributed by atoms with Gasteiger partial charge in [-0.15, -0.1) is 11.3 Å². The maximum atomic E-state index is 12.6. The summed E-state index contributed by atoms with van der Waals surface area (Å²) >= 11 is 2.91. The van der Waals surface area contributed by atoms with Gasteiger partial charge in [0.05, 0.1) is 16.2 Å². The Hall–Kier alpha value is -3.10. The number of carbonyl (C=O) groups excluding carboxylic acids is 1. The molecule has 1 aliphatic carbocycles. The first-order chi connectivity index (χ1) is 16.3. The predicted molar refractivity (Wildman–Crippen MR) is 139 cm³/mol. The molecule has 6 nitrogen and oxygen atoms in total. The Balaban J connectivity index is 1.51. The molecule has 8 heteroatoms. The second-order valence-electron chi connectivity index (χ2n) is 8.63. The van der Waals surface area contributed by atoms with Gasteiger partial charge in [-0.1, -0.05) is 18.2 Å². The predicted octanol–water partition coefficient (Wildman–Crippen LogP) is 5.93. The molecule has 0 spiro atoms. The highest BCUT2D eigenvalue weighted by Crippen LogP contribution is 2.39. The van der Waals surface area contributed by atoms with Crippen molar-refractivity contribution < 1.29 is 14.7 Å². The van der Waals surface area contributed by atoms with Gasteiger partial charge >= 0.3 is 5.97 Å². The van der Waals surface area contributed by atoms with Gasteiger partial charge in [-0.25, -0.2) is 9.79 Å². The minimum Gasteiger partial charge on any atom is -0.478 e. The molecule has 0 bridgehead atoms. The van der Waals surface area contributed by atoms with Crippen LogP contribution in [0.5, 0.6) is 0 Å². The number of rotatable bonds is 4. The number of para-hydroxylation sites is 1. The van der Waals surface area contributed by atoms with Crippen molar-refractivity contribution in [3.8, 4) is 5.00 Å². The molecule has 2 aromatic heterocycles. The zero-order valence-electron chi connectivity index (χ0n) is 19.3. The van der Waals surface area contributed by atoms with E-state index in [0.29, 0.717) is 15.6 Å². The first-order valence-electron chi connectivity index (χ1n) is 11.3. The molecule has 1 aliphatic heterocycles. The first kappa shape index (κ1) is 22.7. The quantitative estimate of drug-likeness (QED) is 0.443. The third kappa shape index (κ3) is 4.01. The van der Waals surface area contributed by atoms with Crippen LogP contribution in [0, 0.1) is 20.8 Å². The van der Waals surface area contributed by atoms with Crippen molar-refractivity contribution in [3.05, 3.63) is 73.8 Å². The number of hydrogen-bond donors (Lipinski definition) is 2. The lowest BCUT2D eigenvalue weighted by atomic mass is 9.95. The van der Waals surface area contributed by atoms with Crippen LogP contribution < -0.4 is 5.32 Å². The average Bonchev–Trinajstić information content (AvgIpc) is 3.43. The number of hydrogen-bond acceptors (Lipinski definition) is 5. The van der Waals surface area contributed by atoms with Crippen LogP contribution in [0.25, 0.3) is 11.1 Å². The maximum absolute atomic E-state index is 12.6. The lowest BCUT2D eigenvalue weighted by Crippen LogP contribution is -2.19. The fourth-order valence-corrected chi connectivity index (χ4v) is 6.91. The number of carbonyl (C=O) groups is 2. The number of amidine groups is 1. The Bertz CT molecular complexity index is 1390. The van der Waals surface area contributed by atoms with Gasteiger partial charge in [0.15, 0.2) is 5.17 Å². The van der Waals surface area contributed by atoms with Gasteiger partial charge in [-0.3, -0.25) is 4.79 Å². The zero-order valence-corrected chi connectivity index (χ0v) is 20.9. The van der Waals surface area contributed by atoms with Crippen molar-refractivity contribution in [2.75, 3.05) is 0 Å². The third-order valence-electron chi connectivity index (χ3n) is 6.31. The number of carboxylic acid groups (broad SMARTS) is 1. The minimum atomic E-state index is -0.871. The van der Waals surface area contributed by atoms with Gasteiger partial charge in [-0.05, 0) is 93.1 Å². The number of thioether (sulfide) groups is 1. The number of thiophene rings is 1. The van der Waals surface area contributed by atoms with Gasteiger partial charge in [-0.2, -0.15) is 0 Å². The van der Waals surface area contributed by atoms with Gasteiger partial charge in [0.1, 0.15) is 5.00 Å². The molecular weight excluding hydrogens is 466 g/mol. The highest BCUT2D eigenvalue weighted by Gasteiger charge is 2.28. The van der Waals surface area contributed by atoms with Crippen molar-refractivity contribution in [1.29, 1.82) is 0 Å². The van der Waals surface area contributed by atoms with Gasteiger partial charge < -0.3 is 15.0 Å². The summed E-state index contributed by atoms with van der Waals surface area (Å²) in [4.78, 5) is 31.2. The highest BCUT2D eigenvalue weighted by atomic mass is 32.2. The standard InChI is InChI=1S/C26H25N3O3S2/c1-14-8-4-6-10-19(14)27-26-28-23(30)21(34-26)13-17-12-15(2)29(16(17)3)24-22(25(31)32)18-9-5-7-11-20(18)33-24/h4,6,8,10,12-13H,5,7,9,11H2,1-3H3,(H,31,32)(H,27,28,30)/b21-13-. The van der Waals surface area contributed by atoms with E-state index < -0.39 is 5.97 Å². The van der Waals surface area contributed by atoms with E-state index in [-0.39, 0.29) is 5.91 Å². The number of nitrogens with zero attached hydrogens (tertiary/aromatic N) is 2. The molecule has 1 amide bonds. The number of fused-ring (bicyclic) bond motifs is 1. The van der Waals surface area contributed by atoms with Crippen molar-refractivity contribution in [1.82, 2.24) is 9.88 Å². The summed E-state index contributed by atoms with van der Waals surface area (Å²) in [6.07, 6.45) is 5.77. The SMILES string of the molecule is Cc1ccccc1N=C1NC(=O)/C(=C/c2cc(C)n(-c3sc4c(c3C(=O)O)CCCC4)c2C)S1. The van der Waals surface area contributed by atoms with Gasteiger partial charge in [0.25, 0.3) is 5.91 Å². The molecule has 0 saturated carbocycles. The van der Waals surface area contributed by atoms with Gasteiger partial charge in [0.2, 0.25) is 0 Å². The van der Waals surface area contributed by atoms with E-state index in [0.717, 1.165) is 64.4 Å². The van der Waals surface area contributed by atoms with E-state index >= 15 is 0 Å². The molecule has 5 rings (SSSR count). The maximum Gasteiger partial charge on any atom is 0.339 e. The number of aromatic carboxylic acids is 1. The van der Waals surface area contributed by atoms with Crippen LogP contribution in [0.1, 0.15) is 56.2 Å². The molecular formula is C26H25N3O3S2. The highest BCUT2D eigenvalue weighted by molar-refractivity contribution is 8.18. The molecule has 34 heavy (non-hydrogen) atoms. The molecule has 1 saturated heterocycles. The van der Waals surface area contributed by atoms with Crippen molar-refractivity contribution in [2.45, 2.75) is 46.5 Å². The summed E-state index contributed by atoms with van der Waals surface area (Å²) in [5, 5.41) is 14.2. The molecule has 3 heterocycles. The molecule has 1 aromatic carbocycles. The fourth-order valence-electron chi connectivity index (χ4n) is 4.60. The normalized spacial score (nSPS) is 17.9. The molecule has 0 radical (unpaired) electrons. The Morgan fingerprint density at radius 1 is 1.18 bits per heavy atom. The molecule has 1 fully saturated rings. The number of aryl methyl sites for hydroxylation is 3. The van der Waals surface area contributed by atoms with Crippen LogP contribution in [0.4, 0.5) is 5.69 Å². The van der Waals surface area contributed by atoms with E-state index in [4.69, 9.17) is 0 Å². The molecule has 0 unspecified atom stereocenters. The largest absolute Gasteiger partial charge is 0.478 e. The summed E-state index contributed by atoms with van der Waals surface area (Å²) in [6.45, 7) is 5.94. The molecule has 174 valence electrons. The van der Waals surface area contributed by atoms with E-state index in [9.17, 15) is 14.7 Å². The topological polar surface area (TPSA) is 83.7 Å². The fraction of sp³-hybridized carbons (Fsp3) is 0.269. The number of amides is 1. The molecule has 2 aliphatic rings. The summed E-state index contributed by atoms with van der Waals surface area (Å²) in [6, 6.07) is 9.80. The van der Waals surface area contributed by atoms with Crippen LogP contribution in [0.3, 0.4) is 0 Å². The van der Waals surface area contributed by atoms with Crippen molar-refractivity contribution in [2.24, 2.45) is 4.99 Å². The Kier molecular flexibility index (Phi) is 5.95. The van der Waals surface area contributed by atoms with Crippen LogP contribution in [0.2, 0.25) is 0 Å². The number of nitrogens with one attached hydrogen (secondary N) is 1. The Morgan fingerprint density at radius 3 is 2.71 bits per heavy atom. The van der Waals surface area contributed by atoms with E-state index in [1.807, 2.05) is 61.7 Å². The van der Waals surface area contributed by atoms with Crippen molar-refractivity contribution >= 4 is 51.9 Å². The van der Waals surface area contributed by atoms with E-state index in [1.54, 1.807) is 11.3 Å². The molecule has 3 aromatic rings. The Morgan fingerprint density at radius 2 is 1.94 bits per heavy atom. The molecule has 0 atom stereocenters. The number of benzene rings is 1. The van der Waals surface area contributed by atoms with E-state index in [1.165, 1.54) is 16.6 Å². The zero-order chi connectivity index (χ0) is 24.0. The summed E-state index contributed by atoms with van der Waals surface area (Å²) in [7, 11) is 0. The van der Waals surface area contributed by atoms with Crippen LogP contribution in [0.15, 0.2) is 40.2 Å². The van der Waals surface area contributed by atoms with Crippen LogP contribution in [-0.2, 0) is 17.6 Å². The van der Waals surface area contributed by atoms with Crippen LogP contribution in [-0.4, -0.2) is 26.7 Å². The van der Waals surface area contributed by atoms with E-state index in [2.05, 4.69) is 10.3 Å². The molecule has 2 N–H and O–H groups in total. The third-order valence-corrected chi connectivity index (χ3v) is 8.50. The average molecular weight is 492 g/mol. The summed E-state index contributed by atoms with van der Waals surface area (Å²) < 4.78 is 2.03. The summed E-state index contributed by atoms with van der Waals surface area (Å²) in [5.41, 5.74) is 6.06. The van der Waals surface area contributed by atoms with Gasteiger partial charge in [0, 0.05) is 16.3 Å². The first-order valence-corrected chi connectivity index (χ1v) is 12.9. The lowest BCUT2D eigenvalue weighted by molar-refractivity contribution is -0.115. The Labute approximate surface area is 206 Å². The minimum absolute atomic E-state index is 0.181. The second kappa shape index (κ2) is 8.92.